The molecule has 0 fully saturated rings. The van der Waals surface area contributed by atoms with Crippen molar-refractivity contribution in [1.29, 1.82) is 0 Å². The highest BCUT2D eigenvalue weighted by Crippen LogP contribution is 2.15. The van der Waals surface area contributed by atoms with Gasteiger partial charge in [0, 0.05) is 19.3 Å². The van der Waals surface area contributed by atoms with Crippen LogP contribution in [0.5, 0.6) is 0 Å². The number of unbranched alkanes of at least 4 members (excludes halogenated alkanes) is 28. The number of esters is 3. The Morgan fingerprint density at radius 2 is 0.590 bits per heavy atom. The van der Waals surface area contributed by atoms with Gasteiger partial charge in [0.25, 0.3) is 0 Å². The zero-order valence-electron chi connectivity index (χ0n) is 40.4. The Hall–Kier alpha value is -2.63. The van der Waals surface area contributed by atoms with Crippen molar-refractivity contribution in [3.8, 4) is 0 Å². The highest BCUT2D eigenvalue weighted by molar-refractivity contribution is 5.71. The Bertz CT molecular complexity index is 1010. The number of rotatable bonds is 47. The lowest BCUT2D eigenvalue weighted by Gasteiger charge is -2.18. The van der Waals surface area contributed by atoms with Crippen LogP contribution in [0.2, 0.25) is 0 Å². The molecular weight excluding hydrogens is 757 g/mol. The fourth-order valence-electron chi connectivity index (χ4n) is 7.33. The minimum atomic E-state index is -0.781. The molecule has 0 radical (unpaired) electrons. The Morgan fingerprint density at radius 3 is 0.934 bits per heavy atom. The molecule has 0 aliphatic heterocycles. The van der Waals surface area contributed by atoms with Crippen molar-refractivity contribution in [2.24, 2.45) is 0 Å². The molecule has 61 heavy (non-hydrogen) atoms. The molecule has 0 aliphatic rings. The molecule has 6 heteroatoms. The topological polar surface area (TPSA) is 78.9 Å². The van der Waals surface area contributed by atoms with Crippen LogP contribution in [0.25, 0.3) is 0 Å². The van der Waals surface area contributed by atoms with Crippen molar-refractivity contribution < 1.29 is 28.6 Å². The van der Waals surface area contributed by atoms with Gasteiger partial charge in [0.15, 0.2) is 6.10 Å². The smallest absolute Gasteiger partial charge is 0.306 e. The number of hydrogen-bond donors (Lipinski definition) is 0. The van der Waals surface area contributed by atoms with E-state index in [1.165, 1.54) is 128 Å². The predicted octanol–water partition coefficient (Wildman–Crippen LogP) is 17.1. The van der Waals surface area contributed by atoms with Gasteiger partial charge < -0.3 is 14.2 Å². The summed E-state index contributed by atoms with van der Waals surface area (Å²) in [4.78, 5) is 38.0. The fraction of sp³-hybridized carbons (Fsp3) is 0.800. The number of hydrogen-bond acceptors (Lipinski definition) is 6. The molecule has 0 rings (SSSR count). The standard InChI is InChI=1S/C55H98O6/c1-4-7-10-13-16-19-22-25-27-30-32-35-38-41-44-47-53(56)59-50-52(61-55(58)49-46-43-40-37-34-29-24-21-18-15-12-9-6-3)51-60-54(57)48-45-42-39-36-33-31-28-26-23-20-17-14-11-8-5-2/h16-17,19-20,25-28,52H,4-15,18,21-24,29-51H2,1-3H3. The van der Waals surface area contributed by atoms with Crippen molar-refractivity contribution in [2.45, 2.75) is 271 Å². The van der Waals surface area contributed by atoms with Gasteiger partial charge in [0.1, 0.15) is 13.2 Å². The van der Waals surface area contributed by atoms with Gasteiger partial charge in [-0.25, -0.2) is 0 Å². The first-order valence-electron chi connectivity index (χ1n) is 26.1. The molecule has 0 amide bonds. The normalized spacial score (nSPS) is 12.4. The van der Waals surface area contributed by atoms with E-state index in [2.05, 4.69) is 69.4 Å². The minimum absolute atomic E-state index is 0.0829. The Balaban J connectivity index is 4.40. The molecule has 0 N–H and O–H groups in total. The van der Waals surface area contributed by atoms with E-state index in [4.69, 9.17) is 14.2 Å². The molecule has 0 aromatic rings. The number of allylic oxidation sites excluding steroid dienone is 8. The monoisotopic (exact) mass is 855 g/mol. The van der Waals surface area contributed by atoms with Crippen molar-refractivity contribution in [3.63, 3.8) is 0 Å². The van der Waals surface area contributed by atoms with Crippen LogP contribution in [0.3, 0.4) is 0 Å². The van der Waals surface area contributed by atoms with E-state index in [1.54, 1.807) is 0 Å². The van der Waals surface area contributed by atoms with Crippen molar-refractivity contribution in [3.05, 3.63) is 48.6 Å². The van der Waals surface area contributed by atoms with E-state index in [-0.39, 0.29) is 31.1 Å². The summed E-state index contributed by atoms with van der Waals surface area (Å²) in [7, 11) is 0. The second kappa shape index (κ2) is 50.0. The Morgan fingerprint density at radius 1 is 0.328 bits per heavy atom. The molecule has 6 nitrogen and oxygen atoms in total. The van der Waals surface area contributed by atoms with Gasteiger partial charge in [-0.1, -0.05) is 211 Å². The maximum atomic E-state index is 12.8. The molecule has 0 aromatic heterocycles. The van der Waals surface area contributed by atoms with Crippen molar-refractivity contribution >= 4 is 17.9 Å². The Labute approximate surface area is 378 Å². The molecule has 0 aliphatic carbocycles. The van der Waals surface area contributed by atoms with Crippen LogP contribution in [0.1, 0.15) is 265 Å². The van der Waals surface area contributed by atoms with Gasteiger partial charge in [-0.3, -0.25) is 14.4 Å². The summed E-state index contributed by atoms with van der Waals surface area (Å²) >= 11 is 0. The van der Waals surface area contributed by atoms with Gasteiger partial charge >= 0.3 is 17.9 Å². The predicted molar refractivity (Wildman–Crippen MR) is 261 cm³/mol. The quantitative estimate of drug-likeness (QED) is 0.0263. The number of ether oxygens (including phenoxy) is 3. The zero-order valence-corrected chi connectivity index (χ0v) is 40.4. The van der Waals surface area contributed by atoms with E-state index in [9.17, 15) is 14.4 Å². The summed E-state index contributed by atoms with van der Waals surface area (Å²) in [5.74, 6) is -0.901. The van der Waals surface area contributed by atoms with Gasteiger partial charge in [0.05, 0.1) is 0 Å². The Kier molecular flexibility index (Phi) is 47.9. The summed E-state index contributed by atoms with van der Waals surface area (Å²) in [6.45, 7) is 6.57. The summed E-state index contributed by atoms with van der Waals surface area (Å²) in [6.07, 6.45) is 59.4. The molecule has 0 heterocycles. The third-order valence-electron chi connectivity index (χ3n) is 11.3. The highest BCUT2D eigenvalue weighted by atomic mass is 16.6. The third-order valence-corrected chi connectivity index (χ3v) is 11.3. The fourth-order valence-corrected chi connectivity index (χ4v) is 7.33. The largest absolute Gasteiger partial charge is 0.462 e. The first-order valence-corrected chi connectivity index (χ1v) is 26.1. The molecule has 0 saturated carbocycles. The van der Waals surface area contributed by atoms with Crippen molar-refractivity contribution in [2.75, 3.05) is 13.2 Å². The summed E-state index contributed by atoms with van der Waals surface area (Å²) in [6, 6.07) is 0. The van der Waals surface area contributed by atoms with Crippen LogP contribution in [-0.2, 0) is 28.6 Å². The van der Waals surface area contributed by atoms with E-state index >= 15 is 0 Å². The third kappa shape index (κ3) is 48.3. The maximum Gasteiger partial charge on any atom is 0.306 e. The average molecular weight is 855 g/mol. The number of carbonyl (C=O) groups excluding carboxylic acids is 3. The van der Waals surface area contributed by atoms with Crippen LogP contribution in [-0.4, -0.2) is 37.2 Å². The maximum absolute atomic E-state index is 12.8. The average Bonchev–Trinajstić information content (AvgIpc) is 3.26. The van der Waals surface area contributed by atoms with Crippen LogP contribution < -0.4 is 0 Å². The second-order valence-corrected chi connectivity index (χ2v) is 17.4. The molecule has 0 bridgehead atoms. The van der Waals surface area contributed by atoms with E-state index in [1.807, 2.05) is 0 Å². The van der Waals surface area contributed by atoms with Gasteiger partial charge in [-0.15, -0.1) is 0 Å². The summed E-state index contributed by atoms with van der Waals surface area (Å²) in [5, 5.41) is 0. The van der Waals surface area contributed by atoms with Crippen LogP contribution in [0.15, 0.2) is 48.6 Å². The van der Waals surface area contributed by atoms with E-state index in [0.717, 1.165) is 96.3 Å². The molecule has 0 spiro atoms. The molecular formula is C55H98O6. The first kappa shape index (κ1) is 58.4. The lowest BCUT2D eigenvalue weighted by Crippen LogP contribution is -2.30. The minimum Gasteiger partial charge on any atom is -0.462 e. The first-order chi connectivity index (χ1) is 30.0. The second-order valence-electron chi connectivity index (χ2n) is 17.4. The zero-order chi connectivity index (χ0) is 44.4. The van der Waals surface area contributed by atoms with Crippen LogP contribution in [0, 0.1) is 0 Å². The lowest BCUT2D eigenvalue weighted by molar-refractivity contribution is -0.167. The SMILES string of the molecule is CCCCCC=CCC=CCCCCCCCC(=O)OCC(COC(=O)CCCCCCCC=CCC=CCCCCC)OC(=O)CCCCCCCCCCCCCCC. The van der Waals surface area contributed by atoms with Gasteiger partial charge in [-0.2, -0.15) is 0 Å². The van der Waals surface area contributed by atoms with Crippen molar-refractivity contribution in [1.82, 2.24) is 0 Å². The van der Waals surface area contributed by atoms with Crippen LogP contribution in [0.4, 0.5) is 0 Å². The van der Waals surface area contributed by atoms with Gasteiger partial charge in [0.2, 0.25) is 0 Å². The van der Waals surface area contributed by atoms with E-state index < -0.39 is 6.10 Å². The summed E-state index contributed by atoms with van der Waals surface area (Å²) in [5.41, 5.74) is 0. The summed E-state index contributed by atoms with van der Waals surface area (Å²) < 4.78 is 16.8. The van der Waals surface area contributed by atoms with Crippen LogP contribution >= 0.6 is 0 Å². The lowest BCUT2D eigenvalue weighted by atomic mass is 10.0. The van der Waals surface area contributed by atoms with E-state index in [0.29, 0.717) is 19.3 Å². The molecule has 0 aromatic carbocycles. The molecule has 0 saturated heterocycles. The van der Waals surface area contributed by atoms with Gasteiger partial charge in [-0.05, 0) is 83.5 Å². The number of carbonyl (C=O) groups is 3. The molecule has 0 unspecified atom stereocenters. The molecule has 0 atom stereocenters. The highest BCUT2D eigenvalue weighted by Gasteiger charge is 2.19. The molecule has 354 valence electrons.